The fourth-order valence-corrected chi connectivity index (χ4v) is 1.47. The van der Waals surface area contributed by atoms with Gasteiger partial charge in [-0.05, 0) is 13.8 Å². The molecule has 0 heterocycles. The van der Waals surface area contributed by atoms with Crippen LogP contribution in [0.3, 0.4) is 0 Å². The van der Waals surface area contributed by atoms with E-state index < -0.39 is 12.7 Å². The molecule has 0 radical (unpaired) electrons. The van der Waals surface area contributed by atoms with Gasteiger partial charge < -0.3 is 4.90 Å². The summed E-state index contributed by atoms with van der Waals surface area (Å²) in [7, 11) is 0. The normalized spacial score (nSPS) is 11.6. The van der Waals surface area contributed by atoms with Crippen molar-refractivity contribution in [2.75, 3.05) is 6.54 Å². The molecule has 0 fully saturated rings. The first-order chi connectivity index (χ1) is 7.81. The summed E-state index contributed by atoms with van der Waals surface area (Å²) in [6.07, 6.45) is -4.30. The number of halogens is 3. The minimum atomic E-state index is -4.30. The van der Waals surface area contributed by atoms with Gasteiger partial charge in [-0.3, -0.25) is 5.41 Å². The van der Waals surface area contributed by atoms with Gasteiger partial charge in [0.2, 0.25) is 0 Å². The number of hydrogen-bond donors (Lipinski definition) is 1. The van der Waals surface area contributed by atoms with Crippen LogP contribution >= 0.6 is 0 Å². The number of alkyl halides is 3. The largest absolute Gasteiger partial charge is 0.405 e. The smallest absolute Gasteiger partial charge is 0.345 e. The lowest BCUT2D eigenvalue weighted by molar-refractivity contribution is -0.140. The summed E-state index contributed by atoms with van der Waals surface area (Å²) in [6.45, 7) is 2.19. The first kappa shape index (κ1) is 13.5. The average molecular weight is 244 g/mol. The molecule has 0 saturated carbocycles. The Balaban J connectivity index is 2.89. The van der Waals surface area contributed by atoms with Gasteiger partial charge in [-0.2, -0.15) is 13.2 Å². The molecule has 1 aromatic carbocycles. The van der Waals surface area contributed by atoms with Crippen molar-refractivity contribution in [2.45, 2.75) is 26.1 Å². The molecule has 94 valence electrons. The number of nitrogens with one attached hydrogen (secondary N) is 1. The molecule has 0 aliphatic heterocycles. The Kier molecular flexibility index (Phi) is 4.15. The lowest BCUT2D eigenvalue weighted by Crippen LogP contribution is -2.43. The van der Waals surface area contributed by atoms with Gasteiger partial charge in [-0.1, -0.05) is 30.3 Å². The Labute approximate surface area is 98.6 Å². The molecule has 0 unspecified atom stereocenters. The van der Waals surface area contributed by atoms with Gasteiger partial charge in [0, 0.05) is 11.6 Å². The van der Waals surface area contributed by atoms with E-state index in [0.29, 0.717) is 5.56 Å². The molecule has 0 saturated heterocycles. The average Bonchev–Trinajstić information content (AvgIpc) is 2.25. The molecule has 0 aliphatic carbocycles. The molecule has 17 heavy (non-hydrogen) atoms. The highest BCUT2D eigenvalue weighted by atomic mass is 19.4. The number of benzene rings is 1. The molecule has 0 aromatic heterocycles. The van der Waals surface area contributed by atoms with Crippen LogP contribution in [-0.4, -0.2) is 29.5 Å². The Morgan fingerprint density at radius 3 is 2.18 bits per heavy atom. The zero-order chi connectivity index (χ0) is 13.1. The zero-order valence-corrected chi connectivity index (χ0v) is 9.75. The molecular weight excluding hydrogens is 229 g/mol. The Hall–Kier alpha value is -1.52. The summed E-state index contributed by atoms with van der Waals surface area (Å²) >= 11 is 0. The molecule has 0 amide bonds. The number of hydrogen-bond acceptors (Lipinski definition) is 1. The SMILES string of the molecule is CC(C)N(CC(F)(F)F)C(=N)c1ccccc1. The van der Waals surface area contributed by atoms with Gasteiger partial charge in [0.1, 0.15) is 12.4 Å². The van der Waals surface area contributed by atoms with E-state index in [2.05, 4.69) is 0 Å². The Bertz CT molecular complexity index is 371. The molecule has 0 spiro atoms. The number of amidine groups is 1. The minimum Gasteiger partial charge on any atom is -0.345 e. The van der Waals surface area contributed by atoms with Crippen molar-refractivity contribution in [1.82, 2.24) is 4.90 Å². The second-order valence-corrected chi connectivity index (χ2v) is 4.05. The first-order valence-electron chi connectivity index (χ1n) is 5.28. The van der Waals surface area contributed by atoms with Crippen molar-refractivity contribution in [3.8, 4) is 0 Å². The molecule has 0 atom stereocenters. The van der Waals surface area contributed by atoms with Crippen LogP contribution in [0.15, 0.2) is 30.3 Å². The fraction of sp³-hybridized carbons (Fsp3) is 0.417. The maximum atomic E-state index is 12.4. The quantitative estimate of drug-likeness (QED) is 0.641. The molecule has 1 N–H and O–H groups in total. The van der Waals surface area contributed by atoms with Crippen molar-refractivity contribution in [3.63, 3.8) is 0 Å². The van der Waals surface area contributed by atoms with Gasteiger partial charge in [-0.25, -0.2) is 0 Å². The summed E-state index contributed by atoms with van der Waals surface area (Å²) in [4.78, 5) is 1.04. The highest BCUT2D eigenvalue weighted by Gasteiger charge is 2.33. The molecule has 0 bridgehead atoms. The van der Waals surface area contributed by atoms with Gasteiger partial charge in [0.05, 0.1) is 0 Å². The van der Waals surface area contributed by atoms with Gasteiger partial charge >= 0.3 is 6.18 Å². The molecule has 0 aliphatic rings. The highest BCUT2D eigenvalue weighted by Crippen LogP contribution is 2.19. The van der Waals surface area contributed by atoms with Crippen molar-refractivity contribution < 1.29 is 13.2 Å². The monoisotopic (exact) mass is 244 g/mol. The molecule has 2 nitrogen and oxygen atoms in total. The van der Waals surface area contributed by atoms with Crippen LogP contribution in [0.5, 0.6) is 0 Å². The van der Waals surface area contributed by atoms with Gasteiger partial charge in [0.15, 0.2) is 0 Å². The fourth-order valence-electron chi connectivity index (χ4n) is 1.47. The zero-order valence-electron chi connectivity index (χ0n) is 9.75. The van der Waals surface area contributed by atoms with E-state index in [4.69, 9.17) is 5.41 Å². The van der Waals surface area contributed by atoms with Crippen LogP contribution in [0.25, 0.3) is 0 Å². The first-order valence-corrected chi connectivity index (χ1v) is 5.28. The van der Waals surface area contributed by atoms with Crippen LogP contribution in [0.1, 0.15) is 19.4 Å². The predicted octanol–water partition coefficient (Wildman–Crippen LogP) is 3.28. The third-order valence-electron chi connectivity index (χ3n) is 2.31. The van der Waals surface area contributed by atoms with Crippen LogP contribution in [0.2, 0.25) is 0 Å². The predicted molar refractivity (Wildman–Crippen MR) is 61.2 cm³/mol. The minimum absolute atomic E-state index is 0.0991. The van der Waals surface area contributed by atoms with E-state index in [0.717, 1.165) is 4.90 Å². The van der Waals surface area contributed by atoms with Crippen molar-refractivity contribution in [3.05, 3.63) is 35.9 Å². The van der Waals surface area contributed by atoms with Gasteiger partial charge in [0.25, 0.3) is 0 Å². The van der Waals surface area contributed by atoms with Crippen LogP contribution in [0.4, 0.5) is 13.2 Å². The standard InChI is InChI=1S/C12H15F3N2/c1-9(2)17(8-12(13,14)15)11(16)10-6-4-3-5-7-10/h3-7,9,16H,8H2,1-2H3. The Morgan fingerprint density at radius 2 is 1.76 bits per heavy atom. The van der Waals surface area contributed by atoms with E-state index in [-0.39, 0.29) is 11.9 Å². The van der Waals surface area contributed by atoms with Crippen molar-refractivity contribution >= 4 is 5.84 Å². The van der Waals surface area contributed by atoms with Crippen LogP contribution in [0, 0.1) is 5.41 Å². The second-order valence-electron chi connectivity index (χ2n) is 4.05. The van der Waals surface area contributed by atoms with Gasteiger partial charge in [-0.15, -0.1) is 0 Å². The van der Waals surface area contributed by atoms with E-state index >= 15 is 0 Å². The summed E-state index contributed by atoms with van der Waals surface area (Å²) in [5.41, 5.74) is 0.491. The lowest BCUT2D eigenvalue weighted by atomic mass is 10.1. The Morgan fingerprint density at radius 1 is 1.24 bits per heavy atom. The van der Waals surface area contributed by atoms with E-state index in [1.807, 2.05) is 0 Å². The summed E-state index contributed by atoms with van der Waals surface area (Å²) in [5, 5.41) is 7.82. The maximum Gasteiger partial charge on any atom is 0.405 e. The number of nitrogens with zero attached hydrogens (tertiary/aromatic N) is 1. The summed E-state index contributed by atoms with van der Waals surface area (Å²) in [5.74, 6) is -0.0991. The molecule has 1 rings (SSSR count). The van der Waals surface area contributed by atoms with Crippen molar-refractivity contribution in [2.24, 2.45) is 0 Å². The topological polar surface area (TPSA) is 27.1 Å². The molecular formula is C12H15F3N2. The molecule has 1 aromatic rings. The third-order valence-corrected chi connectivity index (χ3v) is 2.31. The van der Waals surface area contributed by atoms with E-state index in [1.54, 1.807) is 44.2 Å². The highest BCUT2D eigenvalue weighted by molar-refractivity contribution is 5.96. The maximum absolute atomic E-state index is 12.4. The second kappa shape index (κ2) is 5.21. The van der Waals surface area contributed by atoms with Crippen LogP contribution in [-0.2, 0) is 0 Å². The molecule has 5 heteroatoms. The van der Waals surface area contributed by atoms with E-state index in [1.165, 1.54) is 0 Å². The summed E-state index contributed by atoms with van der Waals surface area (Å²) in [6, 6.07) is 8.07. The number of rotatable bonds is 3. The van der Waals surface area contributed by atoms with Crippen molar-refractivity contribution in [1.29, 1.82) is 5.41 Å². The third kappa shape index (κ3) is 4.09. The van der Waals surface area contributed by atoms with E-state index in [9.17, 15) is 13.2 Å². The summed E-state index contributed by atoms with van der Waals surface area (Å²) < 4.78 is 37.2. The van der Waals surface area contributed by atoms with Crippen LogP contribution < -0.4 is 0 Å². The lowest BCUT2D eigenvalue weighted by Gasteiger charge is -2.30.